The van der Waals surface area contributed by atoms with E-state index in [1.165, 1.54) is 6.07 Å². The molecule has 4 unspecified atom stereocenters. The Morgan fingerprint density at radius 2 is 1.96 bits per heavy atom. The number of halogens is 1. The molecule has 2 aliphatic rings. The zero-order chi connectivity index (χ0) is 15.3. The number of hydrogen-bond donors (Lipinski definition) is 2. The molecule has 122 valence electrons. The Kier molecular flexibility index (Phi) is 4.17. The highest BCUT2D eigenvalue weighted by Crippen LogP contribution is 2.47. The summed E-state index contributed by atoms with van der Waals surface area (Å²) in [5.41, 5.74) is 7.06. The second-order valence-electron chi connectivity index (χ2n) is 6.43. The van der Waals surface area contributed by atoms with Crippen molar-refractivity contribution in [3.05, 3.63) is 40.8 Å². The summed E-state index contributed by atoms with van der Waals surface area (Å²) in [5.74, 6) is 0.865. The normalized spacial score (nSPS) is 28.6. The Labute approximate surface area is 139 Å². The van der Waals surface area contributed by atoms with Gasteiger partial charge in [0.15, 0.2) is 0 Å². The predicted molar refractivity (Wildman–Crippen MR) is 90.7 cm³/mol. The van der Waals surface area contributed by atoms with Crippen molar-refractivity contribution in [2.45, 2.75) is 25.3 Å². The number of carbonyl (C=O) groups excluding carboxylic acids is 1. The van der Waals surface area contributed by atoms with E-state index in [-0.39, 0.29) is 35.9 Å². The van der Waals surface area contributed by atoms with Crippen LogP contribution in [0.4, 0.5) is 5.69 Å². The molecule has 2 bridgehead atoms. The van der Waals surface area contributed by atoms with Gasteiger partial charge in [-0.1, -0.05) is 0 Å². The first-order valence-electron chi connectivity index (χ1n) is 7.72. The van der Waals surface area contributed by atoms with Crippen molar-refractivity contribution < 1.29 is 9.21 Å². The predicted octanol–water partition coefficient (Wildman–Crippen LogP) is 2.53. The van der Waals surface area contributed by atoms with E-state index in [4.69, 9.17) is 10.2 Å². The van der Waals surface area contributed by atoms with Gasteiger partial charge in [-0.25, -0.2) is 4.79 Å². The van der Waals surface area contributed by atoms with Gasteiger partial charge in [0.05, 0.1) is 5.92 Å². The van der Waals surface area contributed by atoms with E-state index in [9.17, 15) is 9.59 Å². The van der Waals surface area contributed by atoms with Crippen molar-refractivity contribution in [3.63, 3.8) is 0 Å². The first-order chi connectivity index (χ1) is 10.6. The molecule has 1 aromatic carbocycles. The molecule has 0 radical (unpaired) electrons. The van der Waals surface area contributed by atoms with Crippen LogP contribution in [0.3, 0.4) is 0 Å². The van der Waals surface area contributed by atoms with Gasteiger partial charge in [0.25, 0.3) is 0 Å². The number of amides is 1. The number of nitrogens with two attached hydrogens (primary N) is 1. The third-order valence-corrected chi connectivity index (χ3v) is 5.17. The Hall–Kier alpha value is -1.85. The van der Waals surface area contributed by atoms with E-state index in [1.807, 2.05) is 6.07 Å². The van der Waals surface area contributed by atoms with Gasteiger partial charge >= 0.3 is 5.63 Å². The van der Waals surface area contributed by atoms with Crippen LogP contribution in [-0.2, 0) is 4.79 Å². The molecule has 2 aromatic rings. The summed E-state index contributed by atoms with van der Waals surface area (Å²) in [4.78, 5) is 23.7. The molecule has 4 rings (SSSR count). The summed E-state index contributed by atoms with van der Waals surface area (Å²) in [7, 11) is 0. The molecule has 5 nitrogen and oxygen atoms in total. The van der Waals surface area contributed by atoms with E-state index in [1.54, 1.807) is 18.2 Å². The molecule has 4 atom stereocenters. The van der Waals surface area contributed by atoms with Gasteiger partial charge in [0, 0.05) is 23.2 Å². The number of fused-ring (bicyclic) bond motifs is 3. The van der Waals surface area contributed by atoms with Crippen molar-refractivity contribution in [2.75, 3.05) is 5.32 Å². The molecular weight excluding hydrogens is 316 g/mol. The summed E-state index contributed by atoms with van der Waals surface area (Å²) in [6.45, 7) is 0. The van der Waals surface area contributed by atoms with Gasteiger partial charge in [-0.05, 0) is 55.4 Å². The van der Waals surface area contributed by atoms with Crippen LogP contribution in [0.25, 0.3) is 11.0 Å². The lowest BCUT2D eigenvalue weighted by atomic mass is 9.84. The molecule has 0 aliphatic heterocycles. The van der Waals surface area contributed by atoms with Gasteiger partial charge in [-0.15, -0.1) is 12.4 Å². The fourth-order valence-electron chi connectivity index (χ4n) is 4.10. The standard InChI is InChI=1S/C17H18N2O3.ClH/c18-16-11-2-1-10(7-11)15(16)17(21)19-12-4-5-13-9(8-12)3-6-14(20)22-13;/h3-6,8,10-11,15-16H,1-2,7,18H2,(H,19,21);1H. The highest BCUT2D eigenvalue weighted by atomic mass is 35.5. The van der Waals surface area contributed by atoms with Gasteiger partial charge in [0.2, 0.25) is 5.91 Å². The minimum atomic E-state index is -0.378. The Balaban J connectivity index is 0.00000156. The molecule has 2 saturated carbocycles. The molecule has 1 heterocycles. The van der Waals surface area contributed by atoms with Crippen molar-refractivity contribution >= 4 is 35.0 Å². The van der Waals surface area contributed by atoms with Gasteiger partial charge in [0.1, 0.15) is 5.58 Å². The van der Waals surface area contributed by atoms with Crippen molar-refractivity contribution in [1.29, 1.82) is 0 Å². The average molecular weight is 335 g/mol. The SMILES string of the molecule is Cl.NC1C2CCC(C2)C1C(=O)Nc1ccc2oc(=O)ccc2c1. The second kappa shape index (κ2) is 5.98. The summed E-state index contributed by atoms with van der Waals surface area (Å²) in [5, 5.41) is 3.75. The zero-order valence-corrected chi connectivity index (χ0v) is 13.3. The number of carbonyl (C=O) groups is 1. The highest BCUT2D eigenvalue weighted by molar-refractivity contribution is 5.95. The maximum atomic E-state index is 12.5. The quantitative estimate of drug-likeness (QED) is 0.826. The van der Waals surface area contributed by atoms with Crippen LogP contribution in [0.5, 0.6) is 0 Å². The van der Waals surface area contributed by atoms with E-state index in [2.05, 4.69) is 5.32 Å². The molecule has 2 fully saturated rings. The molecule has 0 saturated heterocycles. The van der Waals surface area contributed by atoms with Crippen molar-refractivity contribution in [3.8, 4) is 0 Å². The number of rotatable bonds is 2. The van der Waals surface area contributed by atoms with Crippen LogP contribution in [0, 0.1) is 17.8 Å². The minimum absolute atomic E-state index is 0. The van der Waals surface area contributed by atoms with Crippen molar-refractivity contribution in [2.24, 2.45) is 23.5 Å². The maximum Gasteiger partial charge on any atom is 0.336 e. The average Bonchev–Trinajstić information content (AvgIpc) is 3.08. The Morgan fingerprint density at radius 3 is 2.70 bits per heavy atom. The second-order valence-corrected chi connectivity index (χ2v) is 6.43. The number of hydrogen-bond acceptors (Lipinski definition) is 4. The third kappa shape index (κ3) is 2.75. The van der Waals surface area contributed by atoms with Crippen molar-refractivity contribution in [1.82, 2.24) is 0 Å². The third-order valence-electron chi connectivity index (χ3n) is 5.17. The Bertz CT molecular complexity index is 802. The number of benzene rings is 1. The summed E-state index contributed by atoms with van der Waals surface area (Å²) >= 11 is 0. The van der Waals surface area contributed by atoms with E-state index in [0.717, 1.165) is 24.6 Å². The van der Waals surface area contributed by atoms with Crippen LogP contribution >= 0.6 is 12.4 Å². The summed E-state index contributed by atoms with van der Waals surface area (Å²) in [6, 6.07) is 8.32. The van der Waals surface area contributed by atoms with Crippen LogP contribution in [0.2, 0.25) is 0 Å². The van der Waals surface area contributed by atoms with Gasteiger partial charge in [-0.3, -0.25) is 4.79 Å². The minimum Gasteiger partial charge on any atom is -0.423 e. The van der Waals surface area contributed by atoms with Gasteiger partial charge < -0.3 is 15.5 Å². The van der Waals surface area contributed by atoms with Crippen LogP contribution in [-0.4, -0.2) is 11.9 Å². The first kappa shape index (κ1) is 16.0. The molecule has 3 N–H and O–H groups in total. The smallest absolute Gasteiger partial charge is 0.336 e. The monoisotopic (exact) mass is 334 g/mol. The van der Waals surface area contributed by atoms with E-state index in [0.29, 0.717) is 23.1 Å². The van der Waals surface area contributed by atoms with Crippen LogP contribution < -0.4 is 16.7 Å². The molecule has 1 aromatic heterocycles. The van der Waals surface area contributed by atoms with Crippen LogP contribution in [0.15, 0.2) is 39.5 Å². The topological polar surface area (TPSA) is 85.3 Å². The molecule has 0 spiro atoms. The Morgan fingerprint density at radius 1 is 1.17 bits per heavy atom. The fourth-order valence-corrected chi connectivity index (χ4v) is 4.10. The zero-order valence-electron chi connectivity index (χ0n) is 12.5. The molecule has 23 heavy (non-hydrogen) atoms. The number of nitrogens with one attached hydrogen (secondary N) is 1. The fraction of sp³-hybridized carbons (Fsp3) is 0.412. The lowest BCUT2D eigenvalue weighted by molar-refractivity contribution is -0.121. The molecule has 6 heteroatoms. The lowest BCUT2D eigenvalue weighted by Gasteiger charge is -2.27. The summed E-state index contributed by atoms with van der Waals surface area (Å²) < 4.78 is 5.09. The largest absolute Gasteiger partial charge is 0.423 e. The molecular formula is C17H19ClN2O3. The maximum absolute atomic E-state index is 12.5. The molecule has 2 aliphatic carbocycles. The highest BCUT2D eigenvalue weighted by Gasteiger charge is 2.49. The molecule has 1 amide bonds. The van der Waals surface area contributed by atoms with Gasteiger partial charge in [-0.2, -0.15) is 0 Å². The first-order valence-corrected chi connectivity index (χ1v) is 7.72. The van der Waals surface area contributed by atoms with E-state index < -0.39 is 0 Å². The summed E-state index contributed by atoms with van der Waals surface area (Å²) in [6.07, 6.45) is 3.35. The number of anilines is 1. The van der Waals surface area contributed by atoms with Crippen LogP contribution in [0.1, 0.15) is 19.3 Å². The lowest BCUT2D eigenvalue weighted by Crippen LogP contribution is -2.42. The van der Waals surface area contributed by atoms with E-state index >= 15 is 0 Å².